The van der Waals surface area contributed by atoms with Crippen LogP contribution in [0.1, 0.15) is 30.1 Å². The average Bonchev–Trinajstić information content (AvgIpc) is 2.52. The molecule has 0 radical (unpaired) electrons. The third-order valence-corrected chi connectivity index (χ3v) is 3.80. The lowest BCUT2D eigenvalue weighted by Gasteiger charge is -2.08. The van der Waals surface area contributed by atoms with Crippen LogP contribution in [0, 0.1) is 0 Å². The highest BCUT2D eigenvalue weighted by molar-refractivity contribution is 7.84. The van der Waals surface area contributed by atoms with E-state index in [4.69, 9.17) is 4.74 Å². The number of unbranched alkanes of at least 4 members (excludes halogenated alkanes) is 1. The predicted molar refractivity (Wildman–Crippen MR) is 85.5 cm³/mol. The number of imide groups is 1. The number of carbonyl (C=O) groups excluding carboxylic acids is 3. The number of esters is 1. The minimum absolute atomic E-state index is 0.133. The van der Waals surface area contributed by atoms with E-state index < -0.39 is 35.3 Å². The second kappa shape index (κ2) is 9.73. The quantitative estimate of drug-likeness (QED) is 0.574. The molecule has 0 unspecified atom stereocenters. The number of hydrogen-bond acceptors (Lipinski definition) is 5. The van der Waals surface area contributed by atoms with E-state index in [1.807, 2.05) is 6.92 Å². The van der Waals surface area contributed by atoms with E-state index in [1.54, 1.807) is 18.2 Å². The first-order valence-corrected chi connectivity index (χ1v) is 8.68. The first kappa shape index (κ1) is 18.8. The Morgan fingerprint density at radius 1 is 1.22 bits per heavy atom. The van der Waals surface area contributed by atoms with Crippen LogP contribution >= 0.6 is 0 Å². The summed E-state index contributed by atoms with van der Waals surface area (Å²) >= 11 is 0. The molecule has 23 heavy (non-hydrogen) atoms. The van der Waals surface area contributed by atoms with E-state index in [1.165, 1.54) is 12.3 Å². The summed E-state index contributed by atoms with van der Waals surface area (Å²) in [7, 11) is -1.35. The summed E-state index contributed by atoms with van der Waals surface area (Å²) in [6, 6.07) is 5.65. The number of carbonyl (C=O) groups is 3. The van der Waals surface area contributed by atoms with Gasteiger partial charge < -0.3 is 10.1 Å². The maximum Gasteiger partial charge on any atom is 0.339 e. The molecule has 1 atom stereocenters. The Labute approximate surface area is 137 Å². The van der Waals surface area contributed by atoms with Gasteiger partial charge in [0.15, 0.2) is 6.61 Å². The first-order chi connectivity index (χ1) is 11.0. The Bertz CT molecular complexity index is 603. The molecule has 1 aromatic rings. The molecule has 1 rings (SSSR count). The van der Waals surface area contributed by atoms with Crippen LogP contribution in [0.25, 0.3) is 0 Å². The Morgan fingerprint density at radius 2 is 1.91 bits per heavy atom. The van der Waals surface area contributed by atoms with E-state index in [-0.39, 0.29) is 5.56 Å². The topological polar surface area (TPSA) is 102 Å². The summed E-state index contributed by atoms with van der Waals surface area (Å²) in [5.41, 5.74) is 0.133. The van der Waals surface area contributed by atoms with Gasteiger partial charge in [-0.25, -0.2) is 9.59 Å². The van der Waals surface area contributed by atoms with E-state index in [2.05, 4.69) is 10.6 Å². The fourth-order valence-electron chi connectivity index (χ4n) is 1.68. The smallest absolute Gasteiger partial charge is 0.339 e. The Hall–Kier alpha value is -2.22. The zero-order valence-electron chi connectivity index (χ0n) is 13.1. The van der Waals surface area contributed by atoms with Gasteiger partial charge in [-0.2, -0.15) is 0 Å². The van der Waals surface area contributed by atoms with Crippen LogP contribution < -0.4 is 10.6 Å². The second-order valence-corrected chi connectivity index (χ2v) is 6.03. The van der Waals surface area contributed by atoms with Crippen LogP contribution in [0.15, 0.2) is 29.2 Å². The molecule has 0 spiro atoms. The minimum Gasteiger partial charge on any atom is -0.452 e. The SMILES string of the molecule is CCCCNC(=O)NC(=O)COC(=O)c1ccccc1[S@](C)=O. The number of rotatable bonds is 7. The minimum atomic E-state index is -1.35. The lowest BCUT2D eigenvalue weighted by atomic mass is 10.2. The molecule has 0 fully saturated rings. The summed E-state index contributed by atoms with van der Waals surface area (Å²) in [6.07, 6.45) is 3.17. The van der Waals surface area contributed by atoms with Crippen molar-refractivity contribution >= 4 is 28.7 Å². The van der Waals surface area contributed by atoms with Gasteiger partial charge in [0, 0.05) is 12.8 Å². The van der Waals surface area contributed by atoms with Crippen LogP contribution in [-0.4, -0.2) is 41.5 Å². The molecule has 0 saturated carbocycles. The van der Waals surface area contributed by atoms with Gasteiger partial charge in [0.2, 0.25) is 0 Å². The van der Waals surface area contributed by atoms with Gasteiger partial charge in [-0.1, -0.05) is 25.5 Å². The van der Waals surface area contributed by atoms with Gasteiger partial charge in [0.05, 0.1) is 21.3 Å². The zero-order valence-corrected chi connectivity index (χ0v) is 13.9. The molecule has 1 aromatic carbocycles. The molecule has 0 saturated heterocycles. The van der Waals surface area contributed by atoms with Gasteiger partial charge in [0.1, 0.15) is 0 Å². The van der Waals surface area contributed by atoms with Crippen molar-refractivity contribution in [2.24, 2.45) is 0 Å². The largest absolute Gasteiger partial charge is 0.452 e. The van der Waals surface area contributed by atoms with Gasteiger partial charge in [-0.15, -0.1) is 0 Å². The Kier molecular flexibility index (Phi) is 7.96. The molecule has 3 amide bonds. The first-order valence-electron chi connectivity index (χ1n) is 7.13. The lowest BCUT2D eigenvalue weighted by Crippen LogP contribution is -2.41. The molecular formula is C15H20N2O5S. The van der Waals surface area contributed by atoms with Gasteiger partial charge in [0.25, 0.3) is 5.91 Å². The fourth-order valence-corrected chi connectivity index (χ4v) is 2.41. The van der Waals surface area contributed by atoms with Crippen LogP contribution in [0.4, 0.5) is 4.79 Å². The molecule has 8 heteroatoms. The number of urea groups is 1. The van der Waals surface area contributed by atoms with Crippen molar-refractivity contribution in [2.75, 3.05) is 19.4 Å². The van der Waals surface area contributed by atoms with Gasteiger partial charge in [-0.3, -0.25) is 14.3 Å². The fraction of sp³-hybridized carbons (Fsp3) is 0.400. The van der Waals surface area contributed by atoms with Crippen molar-refractivity contribution < 1.29 is 23.3 Å². The van der Waals surface area contributed by atoms with Gasteiger partial charge in [-0.05, 0) is 18.6 Å². The molecule has 0 aliphatic heterocycles. The highest BCUT2D eigenvalue weighted by atomic mass is 32.2. The standard InChI is InChI=1S/C15H20N2O5S/c1-3-4-9-16-15(20)17-13(18)10-22-14(19)11-7-5-6-8-12(11)23(2)21/h5-8H,3-4,9-10H2,1-2H3,(H2,16,17,18,20)/t23-/m0/s1. The van der Waals surface area contributed by atoms with Crippen molar-refractivity contribution in [2.45, 2.75) is 24.7 Å². The van der Waals surface area contributed by atoms with Crippen molar-refractivity contribution in [3.63, 3.8) is 0 Å². The maximum absolute atomic E-state index is 11.9. The van der Waals surface area contributed by atoms with Crippen molar-refractivity contribution in [1.82, 2.24) is 10.6 Å². The summed E-state index contributed by atoms with van der Waals surface area (Å²) in [5.74, 6) is -1.50. The van der Waals surface area contributed by atoms with E-state index in [0.29, 0.717) is 11.4 Å². The molecule has 0 bridgehead atoms. The highest BCUT2D eigenvalue weighted by Gasteiger charge is 2.16. The second-order valence-electron chi connectivity index (χ2n) is 4.68. The van der Waals surface area contributed by atoms with Crippen molar-refractivity contribution in [3.05, 3.63) is 29.8 Å². The number of nitrogens with one attached hydrogen (secondary N) is 2. The molecule has 126 valence electrons. The highest BCUT2D eigenvalue weighted by Crippen LogP contribution is 2.13. The summed E-state index contributed by atoms with van der Waals surface area (Å²) in [5, 5.41) is 4.56. The third kappa shape index (κ3) is 6.60. The Morgan fingerprint density at radius 3 is 2.57 bits per heavy atom. The Balaban J connectivity index is 2.49. The lowest BCUT2D eigenvalue weighted by molar-refractivity contribution is -0.123. The molecule has 0 aromatic heterocycles. The molecule has 2 N–H and O–H groups in total. The average molecular weight is 340 g/mol. The summed E-state index contributed by atoms with van der Waals surface area (Å²) in [4.78, 5) is 35.2. The van der Waals surface area contributed by atoms with Crippen molar-refractivity contribution in [1.29, 1.82) is 0 Å². The van der Waals surface area contributed by atoms with E-state index >= 15 is 0 Å². The van der Waals surface area contributed by atoms with Crippen LogP contribution in [-0.2, 0) is 20.3 Å². The molecule has 0 heterocycles. The normalized spacial score (nSPS) is 11.4. The molecule has 0 aliphatic carbocycles. The number of ether oxygens (including phenoxy) is 1. The predicted octanol–water partition coefficient (Wildman–Crippen LogP) is 1.21. The van der Waals surface area contributed by atoms with Crippen LogP contribution in [0.3, 0.4) is 0 Å². The number of hydrogen-bond donors (Lipinski definition) is 2. The number of amides is 3. The zero-order chi connectivity index (χ0) is 17.2. The summed E-state index contributed by atoms with van der Waals surface area (Å²) in [6.45, 7) is 1.85. The van der Waals surface area contributed by atoms with Crippen molar-refractivity contribution in [3.8, 4) is 0 Å². The van der Waals surface area contributed by atoms with Gasteiger partial charge >= 0.3 is 12.0 Å². The van der Waals surface area contributed by atoms with E-state index in [0.717, 1.165) is 12.8 Å². The van der Waals surface area contributed by atoms with Crippen LogP contribution in [0.5, 0.6) is 0 Å². The molecule has 0 aliphatic rings. The molecular weight excluding hydrogens is 320 g/mol. The molecule has 7 nitrogen and oxygen atoms in total. The number of benzene rings is 1. The summed E-state index contributed by atoms with van der Waals surface area (Å²) < 4.78 is 16.4. The monoisotopic (exact) mass is 340 g/mol. The third-order valence-electron chi connectivity index (χ3n) is 2.82. The van der Waals surface area contributed by atoms with Crippen LogP contribution in [0.2, 0.25) is 0 Å². The maximum atomic E-state index is 11.9. The van der Waals surface area contributed by atoms with E-state index in [9.17, 15) is 18.6 Å².